The molecule has 1 aromatic carbocycles. The predicted molar refractivity (Wildman–Crippen MR) is 72.8 cm³/mol. The van der Waals surface area contributed by atoms with E-state index in [9.17, 15) is 8.42 Å². The zero-order valence-corrected chi connectivity index (χ0v) is 11.2. The molecule has 0 amide bonds. The molecule has 102 valence electrons. The van der Waals surface area contributed by atoms with Crippen molar-refractivity contribution in [3.8, 4) is 6.07 Å². The molecule has 0 spiro atoms. The number of hydrogen-bond donors (Lipinski definition) is 2. The van der Waals surface area contributed by atoms with E-state index >= 15 is 0 Å². The molecule has 1 aliphatic rings. The minimum Gasteiger partial charge on any atom is -0.399 e. The number of nitrogens with zero attached hydrogens (tertiary/aromatic N) is 2. The second-order valence-corrected chi connectivity index (χ2v) is 6.13. The summed E-state index contributed by atoms with van der Waals surface area (Å²) >= 11 is 0. The fraction of sp³-hybridized carbons (Fsp3) is 0.417. The van der Waals surface area contributed by atoms with Gasteiger partial charge in [0, 0.05) is 18.3 Å². The minimum atomic E-state index is -3.84. The Morgan fingerprint density at radius 3 is 2.63 bits per heavy atom. The molecule has 0 radical (unpaired) electrons. The molecule has 1 aromatic rings. The first kappa shape index (κ1) is 13.6. The van der Waals surface area contributed by atoms with Crippen molar-refractivity contribution >= 4 is 21.4 Å². The molecule has 0 heterocycles. The van der Waals surface area contributed by atoms with Gasteiger partial charge in [-0.15, -0.1) is 0 Å². The van der Waals surface area contributed by atoms with Crippen molar-refractivity contribution in [2.45, 2.75) is 30.2 Å². The van der Waals surface area contributed by atoms with Gasteiger partial charge in [-0.2, -0.15) is 5.26 Å². The quantitative estimate of drug-likeness (QED) is 0.774. The van der Waals surface area contributed by atoms with Crippen LogP contribution in [-0.4, -0.2) is 21.0 Å². The molecule has 19 heavy (non-hydrogen) atoms. The molecular formula is C12H16N4O2S. The van der Waals surface area contributed by atoms with E-state index in [1.165, 1.54) is 6.07 Å². The zero-order chi connectivity index (χ0) is 14.0. The Bertz CT molecular complexity index is 617. The fourth-order valence-electron chi connectivity index (χ4n) is 2.05. The highest BCUT2D eigenvalue weighted by atomic mass is 32.2. The molecule has 0 aliphatic heterocycles. The van der Waals surface area contributed by atoms with Gasteiger partial charge in [-0.05, 0) is 31.0 Å². The number of rotatable bonds is 5. The lowest BCUT2D eigenvalue weighted by atomic mass is 10.2. The largest absolute Gasteiger partial charge is 0.399 e. The average molecular weight is 280 g/mol. The number of nitrogens with two attached hydrogens (primary N) is 2. The van der Waals surface area contributed by atoms with E-state index in [2.05, 4.69) is 6.07 Å². The van der Waals surface area contributed by atoms with Crippen LogP contribution in [0.4, 0.5) is 11.4 Å². The van der Waals surface area contributed by atoms with E-state index in [1.54, 1.807) is 12.1 Å². The Morgan fingerprint density at radius 1 is 1.42 bits per heavy atom. The van der Waals surface area contributed by atoms with Gasteiger partial charge in [-0.25, -0.2) is 13.6 Å². The number of primary sulfonamides is 1. The van der Waals surface area contributed by atoms with Crippen molar-refractivity contribution in [3.05, 3.63) is 18.2 Å². The summed E-state index contributed by atoms with van der Waals surface area (Å²) in [6.45, 7) is 0.494. The fourth-order valence-corrected chi connectivity index (χ4v) is 2.83. The molecule has 7 heteroatoms. The lowest BCUT2D eigenvalue weighted by molar-refractivity contribution is 0.597. The molecule has 0 atom stereocenters. The average Bonchev–Trinajstić information content (AvgIpc) is 3.14. The van der Waals surface area contributed by atoms with Crippen LogP contribution in [0.3, 0.4) is 0 Å². The predicted octanol–water partition coefficient (Wildman–Crippen LogP) is 0.799. The molecule has 1 saturated carbocycles. The summed E-state index contributed by atoms with van der Waals surface area (Å²) in [7, 11) is -3.84. The third-order valence-corrected chi connectivity index (χ3v) is 3.99. The highest BCUT2D eigenvalue weighted by molar-refractivity contribution is 7.89. The van der Waals surface area contributed by atoms with Crippen LogP contribution in [0.15, 0.2) is 23.1 Å². The maximum atomic E-state index is 11.7. The summed E-state index contributed by atoms with van der Waals surface area (Å²) < 4.78 is 23.3. The van der Waals surface area contributed by atoms with Crippen molar-refractivity contribution < 1.29 is 8.42 Å². The number of hydrogen-bond acceptors (Lipinski definition) is 5. The lowest BCUT2D eigenvalue weighted by Gasteiger charge is -2.25. The molecule has 0 unspecified atom stereocenters. The van der Waals surface area contributed by atoms with E-state index in [0.29, 0.717) is 24.3 Å². The second-order valence-electron chi connectivity index (χ2n) is 4.60. The molecule has 1 aliphatic carbocycles. The SMILES string of the molecule is N#CCCN(c1ccc(N)cc1S(N)(=O)=O)C1CC1. The summed E-state index contributed by atoms with van der Waals surface area (Å²) in [5.41, 5.74) is 6.51. The van der Waals surface area contributed by atoms with Gasteiger partial charge >= 0.3 is 0 Å². The van der Waals surface area contributed by atoms with E-state index in [4.69, 9.17) is 16.1 Å². The summed E-state index contributed by atoms with van der Waals surface area (Å²) in [4.78, 5) is 1.96. The number of nitrogen functional groups attached to an aromatic ring is 1. The van der Waals surface area contributed by atoms with Crippen LogP contribution in [0, 0.1) is 11.3 Å². The van der Waals surface area contributed by atoms with Crippen LogP contribution in [-0.2, 0) is 10.0 Å². The molecule has 2 rings (SSSR count). The van der Waals surface area contributed by atoms with Crippen LogP contribution in [0.2, 0.25) is 0 Å². The van der Waals surface area contributed by atoms with Gasteiger partial charge in [0.05, 0.1) is 18.2 Å². The van der Waals surface area contributed by atoms with Gasteiger partial charge in [0.15, 0.2) is 0 Å². The van der Waals surface area contributed by atoms with E-state index in [0.717, 1.165) is 12.8 Å². The van der Waals surface area contributed by atoms with Gasteiger partial charge in [0.25, 0.3) is 0 Å². The molecule has 6 nitrogen and oxygen atoms in total. The molecule has 4 N–H and O–H groups in total. The number of benzene rings is 1. The normalized spacial score (nSPS) is 14.9. The first-order chi connectivity index (χ1) is 8.93. The number of anilines is 2. The lowest BCUT2D eigenvalue weighted by Crippen LogP contribution is -2.29. The van der Waals surface area contributed by atoms with Crippen LogP contribution in [0.25, 0.3) is 0 Å². The van der Waals surface area contributed by atoms with Gasteiger partial charge in [-0.1, -0.05) is 0 Å². The smallest absolute Gasteiger partial charge is 0.240 e. The maximum absolute atomic E-state index is 11.7. The molecular weight excluding hydrogens is 264 g/mol. The second kappa shape index (κ2) is 5.07. The third kappa shape index (κ3) is 3.16. The summed E-state index contributed by atoms with van der Waals surface area (Å²) in [5, 5.41) is 13.9. The first-order valence-electron chi connectivity index (χ1n) is 5.99. The highest BCUT2D eigenvalue weighted by Gasteiger charge is 2.31. The Balaban J connectivity index is 2.44. The van der Waals surface area contributed by atoms with E-state index in [-0.39, 0.29) is 10.9 Å². The molecule has 1 fully saturated rings. The maximum Gasteiger partial charge on any atom is 0.240 e. The molecule has 0 saturated heterocycles. The number of nitriles is 1. The van der Waals surface area contributed by atoms with E-state index in [1.807, 2.05) is 4.90 Å². The first-order valence-corrected chi connectivity index (χ1v) is 7.54. The third-order valence-electron chi connectivity index (χ3n) is 3.05. The molecule has 0 aromatic heterocycles. The van der Waals surface area contributed by atoms with Crippen molar-refractivity contribution in [2.24, 2.45) is 5.14 Å². The summed E-state index contributed by atoms with van der Waals surface area (Å²) in [6.07, 6.45) is 2.34. The van der Waals surface area contributed by atoms with Crippen LogP contribution in [0.1, 0.15) is 19.3 Å². The standard InChI is InChI=1S/C12H16N4O2S/c13-6-1-7-16(10-3-4-10)11-5-2-9(14)8-12(11)19(15,17)18/h2,5,8,10H,1,3-4,7,14H2,(H2,15,17,18). The Hall–Kier alpha value is -1.78. The summed E-state index contributed by atoms with van der Waals surface area (Å²) in [6, 6.07) is 7.03. The summed E-state index contributed by atoms with van der Waals surface area (Å²) in [5.74, 6) is 0. The van der Waals surface area contributed by atoms with Crippen LogP contribution in [0.5, 0.6) is 0 Å². The monoisotopic (exact) mass is 280 g/mol. The number of sulfonamides is 1. The zero-order valence-electron chi connectivity index (χ0n) is 10.4. The van der Waals surface area contributed by atoms with Crippen molar-refractivity contribution in [1.82, 2.24) is 0 Å². The van der Waals surface area contributed by atoms with Crippen molar-refractivity contribution in [1.29, 1.82) is 5.26 Å². The Labute approximate surface area is 112 Å². The van der Waals surface area contributed by atoms with Crippen LogP contribution >= 0.6 is 0 Å². The molecule has 0 bridgehead atoms. The van der Waals surface area contributed by atoms with Gasteiger partial charge in [-0.3, -0.25) is 0 Å². The van der Waals surface area contributed by atoms with Gasteiger partial charge in [0.1, 0.15) is 4.90 Å². The highest BCUT2D eigenvalue weighted by Crippen LogP contribution is 2.35. The van der Waals surface area contributed by atoms with Gasteiger partial charge < -0.3 is 10.6 Å². The minimum absolute atomic E-state index is 0.0253. The van der Waals surface area contributed by atoms with Crippen LogP contribution < -0.4 is 15.8 Å². The van der Waals surface area contributed by atoms with Crippen molar-refractivity contribution in [2.75, 3.05) is 17.2 Å². The van der Waals surface area contributed by atoms with Crippen molar-refractivity contribution in [3.63, 3.8) is 0 Å². The topological polar surface area (TPSA) is 113 Å². The Morgan fingerprint density at radius 2 is 2.11 bits per heavy atom. The Kier molecular flexibility index (Phi) is 3.64. The van der Waals surface area contributed by atoms with Gasteiger partial charge in [0.2, 0.25) is 10.0 Å². The van der Waals surface area contributed by atoms with E-state index < -0.39 is 10.0 Å².